The maximum Gasteiger partial charge on any atom is 0.191 e. The molecule has 0 aliphatic carbocycles. The van der Waals surface area contributed by atoms with Gasteiger partial charge in [-0.05, 0) is 50.6 Å². The van der Waals surface area contributed by atoms with Crippen LogP contribution in [-0.4, -0.2) is 42.2 Å². The molecule has 0 aromatic heterocycles. The van der Waals surface area contributed by atoms with Gasteiger partial charge in [0.05, 0.1) is 0 Å². The first-order valence-corrected chi connectivity index (χ1v) is 8.47. The van der Waals surface area contributed by atoms with Crippen LogP contribution in [0.3, 0.4) is 0 Å². The van der Waals surface area contributed by atoms with Crippen LogP contribution in [0.2, 0.25) is 0 Å². The Hall–Kier alpha value is -0.630. The number of hydrogen-bond acceptors (Lipinski definition) is 3. The van der Waals surface area contributed by atoms with Crippen LogP contribution in [0.15, 0.2) is 29.3 Å². The van der Waals surface area contributed by atoms with Crippen LogP contribution in [0.1, 0.15) is 25.8 Å². The highest BCUT2D eigenvalue weighted by Gasteiger charge is 2.15. The quantitative estimate of drug-likeness (QED) is 0.265. The minimum Gasteiger partial charge on any atom is -0.508 e. The summed E-state index contributed by atoms with van der Waals surface area (Å²) >= 11 is 1.84. The first-order chi connectivity index (χ1) is 9.96. The number of phenolic OH excluding ortho intramolecular Hbond substituents is 1. The van der Waals surface area contributed by atoms with Crippen molar-refractivity contribution < 1.29 is 5.11 Å². The third kappa shape index (κ3) is 8.73. The second-order valence-corrected chi connectivity index (χ2v) is 7.10. The molecule has 0 bridgehead atoms. The van der Waals surface area contributed by atoms with E-state index >= 15 is 0 Å². The first-order valence-electron chi connectivity index (χ1n) is 7.24. The minimum atomic E-state index is 0. The van der Waals surface area contributed by atoms with Crippen LogP contribution in [0, 0.1) is 0 Å². The summed E-state index contributed by atoms with van der Waals surface area (Å²) in [5, 5.41) is 15.9. The van der Waals surface area contributed by atoms with Crippen molar-refractivity contribution in [1.82, 2.24) is 10.6 Å². The Kier molecular flexibility index (Phi) is 10.7. The highest BCUT2D eigenvalue weighted by Crippen LogP contribution is 2.19. The number of nitrogens with one attached hydrogen (secondary N) is 2. The van der Waals surface area contributed by atoms with E-state index in [2.05, 4.69) is 35.7 Å². The largest absolute Gasteiger partial charge is 0.508 e. The standard InChI is InChI=1S/C16H27N3OS.HI/c1-16(2,21-4)12-19-15(17-3)18-11-5-6-13-7-9-14(20)10-8-13;/h7-10,20H,5-6,11-12H2,1-4H3,(H2,17,18,19);1H. The number of aliphatic imine (C=N–C) groups is 1. The first kappa shape index (κ1) is 21.4. The van der Waals surface area contributed by atoms with Gasteiger partial charge in [-0.15, -0.1) is 24.0 Å². The van der Waals surface area contributed by atoms with Crippen molar-refractivity contribution >= 4 is 41.7 Å². The van der Waals surface area contributed by atoms with Crippen molar-refractivity contribution in [3.63, 3.8) is 0 Å². The SMILES string of the molecule is CN=C(NCCCc1ccc(O)cc1)NCC(C)(C)SC.I. The van der Waals surface area contributed by atoms with E-state index in [9.17, 15) is 5.11 Å². The molecule has 0 fully saturated rings. The molecule has 1 aromatic rings. The lowest BCUT2D eigenvalue weighted by Crippen LogP contribution is -2.43. The molecule has 0 heterocycles. The molecular weight excluding hydrogens is 409 g/mol. The lowest BCUT2D eigenvalue weighted by atomic mass is 10.1. The van der Waals surface area contributed by atoms with E-state index in [1.807, 2.05) is 23.9 Å². The number of hydrogen-bond donors (Lipinski definition) is 3. The maximum atomic E-state index is 9.24. The monoisotopic (exact) mass is 437 g/mol. The van der Waals surface area contributed by atoms with Gasteiger partial charge < -0.3 is 15.7 Å². The van der Waals surface area contributed by atoms with Crippen LogP contribution < -0.4 is 10.6 Å². The molecule has 0 saturated heterocycles. The number of phenols is 1. The fraction of sp³-hybridized carbons (Fsp3) is 0.562. The molecule has 0 saturated carbocycles. The molecule has 0 aliphatic heterocycles. The molecule has 0 aliphatic rings. The van der Waals surface area contributed by atoms with Gasteiger partial charge in [0, 0.05) is 24.9 Å². The van der Waals surface area contributed by atoms with Crippen molar-refractivity contribution in [2.75, 3.05) is 26.4 Å². The van der Waals surface area contributed by atoms with Crippen molar-refractivity contribution in [3.05, 3.63) is 29.8 Å². The number of benzene rings is 1. The van der Waals surface area contributed by atoms with Crippen LogP contribution in [0.4, 0.5) is 0 Å². The number of nitrogens with zero attached hydrogens (tertiary/aromatic N) is 1. The summed E-state index contributed by atoms with van der Waals surface area (Å²) in [6.45, 7) is 6.18. The van der Waals surface area contributed by atoms with Crippen LogP contribution in [-0.2, 0) is 6.42 Å². The minimum absolute atomic E-state index is 0. The van der Waals surface area contributed by atoms with E-state index in [1.54, 1.807) is 19.2 Å². The summed E-state index contributed by atoms with van der Waals surface area (Å²) in [7, 11) is 1.79. The Morgan fingerprint density at radius 1 is 1.23 bits per heavy atom. The fourth-order valence-electron chi connectivity index (χ4n) is 1.75. The average molecular weight is 437 g/mol. The molecule has 6 heteroatoms. The second kappa shape index (κ2) is 11.0. The van der Waals surface area contributed by atoms with Crippen LogP contribution >= 0.6 is 35.7 Å². The Morgan fingerprint density at radius 2 is 1.86 bits per heavy atom. The summed E-state index contributed by atoms with van der Waals surface area (Å²) in [5.41, 5.74) is 1.24. The molecule has 4 nitrogen and oxygen atoms in total. The lowest BCUT2D eigenvalue weighted by molar-refractivity contribution is 0.475. The second-order valence-electron chi connectivity index (χ2n) is 5.59. The van der Waals surface area contributed by atoms with Gasteiger partial charge in [0.1, 0.15) is 5.75 Å². The van der Waals surface area contributed by atoms with Gasteiger partial charge >= 0.3 is 0 Å². The van der Waals surface area contributed by atoms with Gasteiger partial charge in [-0.3, -0.25) is 4.99 Å². The smallest absolute Gasteiger partial charge is 0.191 e. The summed E-state index contributed by atoms with van der Waals surface area (Å²) in [6, 6.07) is 7.38. The summed E-state index contributed by atoms with van der Waals surface area (Å²) in [4.78, 5) is 4.23. The van der Waals surface area contributed by atoms with Gasteiger partial charge in [-0.2, -0.15) is 11.8 Å². The average Bonchev–Trinajstić information content (AvgIpc) is 2.48. The van der Waals surface area contributed by atoms with E-state index < -0.39 is 0 Å². The highest BCUT2D eigenvalue weighted by molar-refractivity contribution is 14.0. The Labute approximate surface area is 155 Å². The molecular formula is C16H28IN3OS. The zero-order valence-corrected chi connectivity index (χ0v) is 17.0. The lowest BCUT2D eigenvalue weighted by Gasteiger charge is -2.23. The molecule has 1 rings (SSSR count). The van der Waals surface area contributed by atoms with Gasteiger partial charge in [0.2, 0.25) is 0 Å². The van der Waals surface area contributed by atoms with Crippen molar-refractivity contribution in [3.8, 4) is 5.75 Å². The zero-order chi connectivity index (χ0) is 15.7. The summed E-state index contributed by atoms with van der Waals surface area (Å²) < 4.78 is 0.198. The number of rotatable bonds is 7. The summed E-state index contributed by atoms with van der Waals surface area (Å²) in [6.07, 6.45) is 4.13. The number of thioether (sulfide) groups is 1. The number of aryl methyl sites for hydroxylation is 1. The maximum absolute atomic E-state index is 9.24. The molecule has 0 unspecified atom stereocenters. The van der Waals surface area contributed by atoms with Crippen molar-refractivity contribution in [2.45, 2.75) is 31.4 Å². The topological polar surface area (TPSA) is 56.7 Å². The molecule has 0 amide bonds. The fourth-order valence-corrected chi connectivity index (χ4v) is 1.97. The van der Waals surface area contributed by atoms with Crippen LogP contribution in [0.25, 0.3) is 0 Å². The highest BCUT2D eigenvalue weighted by atomic mass is 127. The van der Waals surface area contributed by atoms with Crippen LogP contribution in [0.5, 0.6) is 5.75 Å². The third-order valence-corrected chi connectivity index (χ3v) is 4.58. The number of halogens is 1. The molecule has 22 heavy (non-hydrogen) atoms. The van der Waals surface area contributed by atoms with E-state index in [-0.39, 0.29) is 28.7 Å². The van der Waals surface area contributed by atoms with Gasteiger partial charge in [0.25, 0.3) is 0 Å². The molecule has 0 spiro atoms. The molecule has 0 radical (unpaired) electrons. The normalized spacial score (nSPS) is 11.7. The van der Waals surface area contributed by atoms with Crippen molar-refractivity contribution in [2.24, 2.45) is 4.99 Å². The molecule has 3 N–H and O–H groups in total. The van der Waals surface area contributed by atoms with E-state index in [4.69, 9.17) is 0 Å². The van der Waals surface area contributed by atoms with E-state index in [0.29, 0.717) is 5.75 Å². The van der Waals surface area contributed by atoms with E-state index in [1.165, 1.54) is 5.56 Å². The predicted molar refractivity (Wildman–Crippen MR) is 109 cm³/mol. The summed E-state index contributed by atoms with van der Waals surface area (Å²) in [5.74, 6) is 1.17. The van der Waals surface area contributed by atoms with E-state index in [0.717, 1.165) is 31.9 Å². The molecule has 1 aromatic carbocycles. The van der Waals surface area contributed by atoms with Crippen molar-refractivity contribution in [1.29, 1.82) is 0 Å². The Bertz CT molecular complexity index is 449. The number of aromatic hydroxyl groups is 1. The predicted octanol–water partition coefficient (Wildman–Crippen LogP) is 3.25. The molecule has 126 valence electrons. The number of guanidine groups is 1. The van der Waals surface area contributed by atoms with Gasteiger partial charge in [-0.25, -0.2) is 0 Å². The Balaban J connectivity index is 0.00000441. The van der Waals surface area contributed by atoms with Gasteiger partial charge in [0.15, 0.2) is 5.96 Å². The molecule has 0 atom stereocenters. The van der Waals surface area contributed by atoms with Gasteiger partial charge in [-0.1, -0.05) is 12.1 Å². The Morgan fingerprint density at radius 3 is 2.41 bits per heavy atom. The third-order valence-electron chi connectivity index (χ3n) is 3.33. The zero-order valence-electron chi connectivity index (χ0n) is 13.8.